The molecule has 0 bridgehead atoms. The quantitative estimate of drug-likeness (QED) is 0.420. The molecule has 3 aliphatic rings. The lowest BCUT2D eigenvalue weighted by Crippen LogP contribution is -2.54. The van der Waals surface area contributed by atoms with Gasteiger partial charge in [0.05, 0.1) is 0 Å². The van der Waals surface area contributed by atoms with Crippen molar-refractivity contribution in [3.8, 4) is 0 Å². The van der Waals surface area contributed by atoms with E-state index in [1.165, 1.54) is 11.3 Å². The molecule has 3 aliphatic heterocycles. The van der Waals surface area contributed by atoms with E-state index in [2.05, 4.69) is 50.8 Å². The molecule has 1 aromatic heterocycles. The maximum atomic E-state index is 6.28. The van der Waals surface area contributed by atoms with Crippen LogP contribution in [0.4, 0.5) is 23.5 Å². The predicted molar refractivity (Wildman–Crippen MR) is 148 cm³/mol. The molecular weight excluding hydrogens is 478 g/mol. The van der Waals surface area contributed by atoms with E-state index in [9.17, 15) is 0 Å². The highest BCUT2D eigenvalue weighted by atomic mass is 35.5. The van der Waals surface area contributed by atoms with Crippen LogP contribution in [0.1, 0.15) is 18.4 Å². The molecule has 36 heavy (non-hydrogen) atoms. The number of aromatic nitrogens is 3. The van der Waals surface area contributed by atoms with Gasteiger partial charge in [0.1, 0.15) is 0 Å². The topological polar surface area (TPSA) is 156 Å². The lowest BCUT2D eigenvalue weighted by Gasteiger charge is -2.39. The maximum Gasteiger partial charge on any atom is 0.232 e. The van der Waals surface area contributed by atoms with E-state index in [1.54, 1.807) is 0 Å². The van der Waals surface area contributed by atoms with E-state index in [1.807, 2.05) is 0 Å². The van der Waals surface area contributed by atoms with Crippen molar-refractivity contribution in [1.82, 2.24) is 15.0 Å². The van der Waals surface area contributed by atoms with Gasteiger partial charge in [-0.15, -0.1) is 12.4 Å². The second kappa shape index (κ2) is 11.3. The minimum absolute atomic E-state index is 0. The second-order valence-corrected chi connectivity index (χ2v) is 10.4. The number of rotatable bonds is 4. The Bertz CT molecular complexity index is 934. The van der Waals surface area contributed by atoms with Gasteiger partial charge in [-0.05, 0) is 31.9 Å². The zero-order chi connectivity index (χ0) is 24.5. The predicted octanol–water partition coefficient (Wildman–Crippen LogP) is -0.342. The molecule has 1 aromatic carbocycles. The number of aryl methyl sites for hydroxylation is 1. The van der Waals surface area contributed by atoms with Gasteiger partial charge in [-0.2, -0.15) is 15.0 Å². The molecule has 5 rings (SSSR count). The number of halogens is 1. The Hall–Kier alpha value is -2.44. The van der Waals surface area contributed by atoms with Gasteiger partial charge >= 0.3 is 0 Å². The van der Waals surface area contributed by atoms with Crippen LogP contribution >= 0.6 is 12.4 Å². The molecule has 4 atom stereocenters. The third-order valence-corrected chi connectivity index (χ3v) is 7.16. The summed E-state index contributed by atoms with van der Waals surface area (Å²) in [5.74, 6) is 1.95. The summed E-state index contributed by atoms with van der Waals surface area (Å²) in [4.78, 5) is 23.5. The lowest BCUT2D eigenvalue weighted by atomic mass is 10.0. The summed E-state index contributed by atoms with van der Waals surface area (Å²) in [6.45, 7) is 8.28. The third-order valence-electron chi connectivity index (χ3n) is 7.16. The summed E-state index contributed by atoms with van der Waals surface area (Å²) >= 11 is 0. The molecule has 198 valence electrons. The first-order chi connectivity index (χ1) is 16.8. The first-order valence-corrected chi connectivity index (χ1v) is 12.7. The van der Waals surface area contributed by atoms with E-state index >= 15 is 0 Å². The highest BCUT2D eigenvalue weighted by Gasteiger charge is 2.30. The van der Waals surface area contributed by atoms with Crippen LogP contribution in [-0.4, -0.2) is 91.5 Å². The zero-order valence-electron chi connectivity index (χ0n) is 21.0. The summed E-state index contributed by atoms with van der Waals surface area (Å²) in [7, 11) is 0. The number of piperidine rings is 2. The lowest BCUT2D eigenvalue weighted by molar-refractivity contribution is 0.440. The van der Waals surface area contributed by atoms with Gasteiger partial charge in [-0.1, -0.05) is 17.7 Å². The Morgan fingerprint density at radius 2 is 0.944 bits per heavy atom. The molecule has 0 radical (unpaired) electrons. The Morgan fingerprint density at radius 3 is 1.36 bits per heavy atom. The van der Waals surface area contributed by atoms with Gasteiger partial charge in [-0.3, -0.25) is 0 Å². The van der Waals surface area contributed by atoms with E-state index in [0.29, 0.717) is 44.0 Å². The number of nitrogens with zero attached hydrogens (tertiary/aromatic N) is 7. The van der Waals surface area contributed by atoms with Crippen LogP contribution in [0.3, 0.4) is 0 Å². The monoisotopic (exact) mass is 517 g/mol. The smallest absolute Gasteiger partial charge is 0.232 e. The molecular formula is C24H40ClN11. The number of hydrogen-bond donors (Lipinski definition) is 4. The summed E-state index contributed by atoms with van der Waals surface area (Å²) in [5.41, 5.74) is 27.6. The molecule has 0 spiro atoms. The van der Waals surface area contributed by atoms with Crippen molar-refractivity contribution in [1.29, 1.82) is 0 Å². The molecule has 3 fully saturated rings. The third kappa shape index (κ3) is 6.09. The van der Waals surface area contributed by atoms with Crippen molar-refractivity contribution in [3.63, 3.8) is 0 Å². The fraction of sp³-hybridized carbons (Fsp3) is 0.625. The van der Waals surface area contributed by atoms with Crippen LogP contribution in [0.2, 0.25) is 0 Å². The minimum Gasteiger partial charge on any atom is -0.368 e. The average Bonchev–Trinajstić information content (AvgIpc) is 2.83. The molecule has 11 nitrogen and oxygen atoms in total. The molecule has 0 saturated carbocycles. The molecule has 12 heteroatoms. The molecule has 8 N–H and O–H groups in total. The average molecular weight is 518 g/mol. The van der Waals surface area contributed by atoms with Gasteiger partial charge in [0.15, 0.2) is 0 Å². The van der Waals surface area contributed by atoms with Crippen molar-refractivity contribution in [2.45, 2.75) is 43.9 Å². The largest absolute Gasteiger partial charge is 0.368 e. The molecule has 3 saturated heterocycles. The van der Waals surface area contributed by atoms with Gasteiger partial charge < -0.3 is 42.5 Å². The van der Waals surface area contributed by atoms with Crippen LogP contribution in [-0.2, 0) is 0 Å². The van der Waals surface area contributed by atoms with Crippen molar-refractivity contribution >= 4 is 35.9 Å². The number of benzene rings is 1. The molecule has 2 aromatic rings. The van der Waals surface area contributed by atoms with Crippen molar-refractivity contribution < 1.29 is 0 Å². The van der Waals surface area contributed by atoms with Gasteiger partial charge in [-0.25, -0.2) is 0 Å². The number of anilines is 4. The summed E-state index contributed by atoms with van der Waals surface area (Å²) in [5, 5.41) is 0. The van der Waals surface area contributed by atoms with Crippen LogP contribution in [0.25, 0.3) is 0 Å². The number of piperazine rings is 1. The summed E-state index contributed by atoms with van der Waals surface area (Å²) in [6.07, 6.45) is 1.61. The minimum atomic E-state index is -0.00250. The van der Waals surface area contributed by atoms with Gasteiger partial charge in [0, 0.05) is 82.2 Å². The fourth-order valence-electron chi connectivity index (χ4n) is 5.37. The molecule has 0 amide bonds. The second-order valence-electron chi connectivity index (χ2n) is 10.4. The summed E-state index contributed by atoms with van der Waals surface area (Å²) < 4.78 is 0. The number of hydrogen-bond acceptors (Lipinski definition) is 11. The van der Waals surface area contributed by atoms with Crippen LogP contribution in [0.5, 0.6) is 0 Å². The van der Waals surface area contributed by atoms with E-state index in [4.69, 9.17) is 37.9 Å². The van der Waals surface area contributed by atoms with E-state index < -0.39 is 0 Å². The zero-order valence-corrected chi connectivity index (χ0v) is 21.9. The van der Waals surface area contributed by atoms with Crippen molar-refractivity contribution in [2.75, 3.05) is 72.0 Å². The molecule has 0 unspecified atom stereocenters. The van der Waals surface area contributed by atoms with Crippen LogP contribution in [0.15, 0.2) is 24.3 Å². The van der Waals surface area contributed by atoms with Gasteiger partial charge in [0.25, 0.3) is 0 Å². The summed E-state index contributed by atoms with van der Waals surface area (Å²) in [6, 6.07) is 8.69. The van der Waals surface area contributed by atoms with Crippen LogP contribution < -0.4 is 42.5 Å². The Morgan fingerprint density at radius 1 is 0.583 bits per heavy atom. The fourth-order valence-corrected chi connectivity index (χ4v) is 5.37. The Balaban J connectivity index is 0.00000304. The van der Waals surface area contributed by atoms with Crippen LogP contribution in [0, 0.1) is 6.92 Å². The standard InChI is InChI=1S/C24H39N11.ClH/c1-16-2-4-21(5-3-16)32-6-8-33(9-7-32)22-29-23(34-12-17(25)10-18(26)13-34)31-24(30-22)35-14-19(27)11-20(28)15-35;/h2-5,17-20H,6-15,25-28H2,1H3;1H/t17-,18+,19-,20+;. The Labute approximate surface area is 219 Å². The SMILES string of the molecule is Cc1ccc(N2CCN(c3nc(N4C[C@H](N)C[C@H](N)C4)nc(N4C[C@H](N)C[C@H](N)C4)n3)CC2)cc1.Cl. The maximum absolute atomic E-state index is 6.28. The highest BCUT2D eigenvalue weighted by molar-refractivity contribution is 5.85. The van der Waals surface area contributed by atoms with Crippen molar-refractivity contribution in [3.05, 3.63) is 29.8 Å². The number of nitrogens with two attached hydrogens (primary N) is 4. The van der Waals surface area contributed by atoms with E-state index in [0.717, 1.165) is 39.0 Å². The van der Waals surface area contributed by atoms with Gasteiger partial charge in [0.2, 0.25) is 17.8 Å². The first-order valence-electron chi connectivity index (χ1n) is 12.7. The normalized spacial score (nSPS) is 27.1. The first kappa shape index (κ1) is 26.6. The van der Waals surface area contributed by atoms with Crippen molar-refractivity contribution in [2.24, 2.45) is 22.9 Å². The molecule has 0 aliphatic carbocycles. The molecule has 4 heterocycles. The van der Waals surface area contributed by atoms with E-state index in [-0.39, 0.29) is 36.6 Å². The highest BCUT2D eigenvalue weighted by Crippen LogP contribution is 2.25. The Kier molecular flexibility index (Phi) is 8.36.